The summed E-state index contributed by atoms with van der Waals surface area (Å²) in [5, 5.41) is 0. The molecule has 0 amide bonds. The van der Waals surface area contributed by atoms with E-state index in [-0.39, 0.29) is 6.04 Å². The smallest absolute Gasteiger partial charge is 0.0426 e. The molecule has 1 aromatic carbocycles. The minimum Gasteiger partial charge on any atom is -0.323 e. The molecule has 0 aromatic heterocycles. The zero-order chi connectivity index (χ0) is 15.0. The standard InChI is InChI=1S/C18H32N2/c1-5-7-11-20(12-8-6-2)14-18(19)17-10-9-15(3)13-16(17)4/h9-10,13,18H,5-8,11-12,14,19H2,1-4H3. The first-order chi connectivity index (χ1) is 9.58. The summed E-state index contributed by atoms with van der Waals surface area (Å²) in [6, 6.07) is 6.74. The third-order valence-corrected chi connectivity index (χ3v) is 3.94. The van der Waals surface area contributed by atoms with E-state index in [1.54, 1.807) is 0 Å². The highest BCUT2D eigenvalue weighted by atomic mass is 15.1. The van der Waals surface area contributed by atoms with Gasteiger partial charge in [0.2, 0.25) is 0 Å². The van der Waals surface area contributed by atoms with Crippen LogP contribution in [0.3, 0.4) is 0 Å². The normalized spacial score (nSPS) is 12.9. The van der Waals surface area contributed by atoms with Crippen LogP contribution < -0.4 is 5.73 Å². The molecule has 0 saturated carbocycles. The Morgan fingerprint density at radius 2 is 1.65 bits per heavy atom. The molecular weight excluding hydrogens is 244 g/mol. The van der Waals surface area contributed by atoms with Crippen LogP contribution >= 0.6 is 0 Å². The molecule has 0 heterocycles. The van der Waals surface area contributed by atoms with E-state index in [0.717, 1.165) is 6.54 Å². The molecule has 2 N–H and O–H groups in total. The van der Waals surface area contributed by atoms with Gasteiger partial charge in [-0.15, -0.1) is 0 Å². The lowest BCUT2D eigenvalue weighted by Gasteiger charge is -2.26. The molecule has 0 spiro atoms. The van der Waals surface area contributed by atoms with Gasteiger partial charge in [-0.3, -0.25) is 0 Å². The van der Waals surface area contributed by atoms with Crippen LogP contribution in [0, 0.1) is 13.8 Å². The Kier molecular flexibility index (Phi) is 7.86. The van der Waals surface area contributed by atoms with Gasteiger partial charge >= 0.3 is 0 Å². The first-order valence-electron chi connectivity index (χ1n) is 8.13. The minimum atomic E-state index is 0.129. The molecule has 2 nitrogen and oxygen atoms in total. The second-order valence-electron chi connectivity index (χ2n) is 5.97. The number of nitrogens with zero attached hydrogens (tertiary/aromatic N) is 1. The summed E-state index contributed by atoms with van der Waals surface area (Å²) >= 11 is 0. The molecule has 2 heteroatoms. The highest BCUT2D eigenvalue weighted by Crippen LogP contribution is 2.18. The predicted octanol–water partition coefficient (Wildman–Crippen LogP) is 4.21. The van der Waals surface area contributed by atoms with Crippen LogP contribution in [0.1, 0.15) is 62.3 Å². The van der Waals surface area contributed by atoms with Crippen molar-refractivity contribution in [1.82, 2.24) is 4.90 Å². The van der Waals surface area contributed by atoms with Gasteiger partial charge in [0.1, 0.15) is 0 Å². The SMILES string of the molecule is CCCCN(CCCC)CC(N)c1ccc(C)cc1C. The molecule has 0 aliphatic rings. The minimum absolute atomic E-state index is 0.129. The van der Waals surface area contributed by atoms with E-state index in [1.165, 1.54) is 55.5 Å². The highest BCUT2D eigenvalue weighted by Gasteiger charge is 2.13. The summed E-state index contributed by atoms with van der Waals surface area (Å²) in [5.41, 5.74) is 10.4. The van der Waals surface area contributed by atoms with Gasteiger partial charge in [-0.05, 0) is 50.9 Å². The molecule has 1 unspecified atom stereocenters. The Balaban J connectivity index is 2.65. The number of aryl methyl sites for hydroxylation is 2. The second-order valence-corrected chi connectivity index (χ2v) is 5.97. The van der Waals surface area contributed by atoms with E-state index in [4.69, 9.17) is 5.73 Å². The zero-order valence-electron chi connectivity index (χ0n) is 13.8. The van der Waals surface area contributed by atoms with Crippen molar-refractivity contribution in [3.05, 3.63) is 34.9 Å². The van der Waals surface area contributed by atoms with Crippen molar-refractivity contribution in [2.45, 2.75) is 59.4 Å². The number of benzene rings is 1. The monoisotopic (exact) mass is 276 g/mol. The first-order valence-corrected chi connectivity index (χ1v) is 8.13. The predicted molar refractivity (Wildman–Crippen MR) is 89.1 cm³/mol. The molecule has 114 valence electrons. The molecule has 20 heavy (non-hydrogen) atoms. The summed E-state index contributed by atoms with van der Waals surface area (Å²) in [6.45, 7) is 12.1. The lowest BCUT2D eigenvalue weighted by atomic mass is 9.99. The second kappa shape index (κ2) is 9.15. The van der Waals surface area contributed by atoms with Crippen molar-refractivity contribution in [3.8, 4) is 0 Å². The summed E-state index contributed by atoms with van der Waals surface area (Å²) in [6.07, 6.45) is 5.04. The van der Waals surface area contributed by atoms with Gasteiger partial charge in [0.05, 0.1) is 0 Å². The molecular formula is C18H32N2. The molecule has 0 fully saturated rings. The topological polar surface area (TPSA) is 29.3 Å². The molecule has 0 aliphatic heterocycles. The number of unbranched alkanes of at least 4 members (excludes halogenated alkanes) is 2. The Hall–Kier alpha value is -0.860. The maximum Gasteiger partial charge on any atom is 0.0426 e. The third kappa shape index (κ3) is 5.64. The quantitative estimate of drug-likeness (QED) is 0.732. The fourth-order valence-electron chi connectivity index (χ4n) is 2.68. The molecule has 0 radical (unpaired) electrons. The van der Waals surface area contributed by atoms with Gasteiger partial charge in [0.15, 0.2) is 0 Å². The lowest BCUT2D eigenvalue weighted by Crippen LogP contribution is -2.34. The molecule has 1 aromatic rings. The highest BCUT2D eigenvalue weighted by molar-refractivity contribution is 5.32. The van der Waals surface area contributed by atoms with Crippen LogP contribution in [0.25, 0.3) is 0 Å². The fraction of sp³-hybridized carbons (Fsp3) is 0.667. The van der Waals surface area contributed by atoms with Crippen LogP contribution in [0.2, 0.25) is 0 Å². The summed E-state index contributed by atoms with van der Waals surface area (Å²) in [5.74, 6) is 0. The largest absolute Gasteiger partial charge is 0.323 e. The maximum atomic E-state index is 6.45. The summed E-state index contributed by atoms with van der Waals surface area (Å²) in [7, 11) is 0. The van der Waals surface area contributed by atoms with E-state index in [1.807, 2.05) is 0 Å². The van der Waals surface area contributed by atoms with Crippen molar-refractivity contribution in [2.24, 2.45) is 5.73 Å². The number of hydrogen-bond acceptors (Lipinski definition) is 2. The van der Waals surface area contributed by atoms with Gasteiger partial charge in [0.25, 0.3) is 0 Å². The average molecular weight is 276 g/mol. The number of nitrogens with two attached hydrogens (primary N) is 1. The van der Waals surface area contributed by atoms with Crippen LogP contribution in [0.4, 0.5) is 0 Å². The van der Waals surface area contributed by atoms with Crippen molar-refractivity contribution in [1.29, 1.82) is 0 Å². The number of hydrogen-bond donors (Lipinski definition) is 1. The maximum absolute atomic E-state index is 6.45. The fourth-order valence-corrected chi connectivity index (χ4v) is 2.68. The Labute approximate surface area is 125 Å². The van der Waals surface area contributed by atoms with Crippen molar-refractivity contribution in [3.63, 3.8) is 0 Å². The molecule has 0 aliphatic carbocycles. The van der Waals surface area contributed by atoms with E-state index in [2.05, 4.69) is 50.8 Å². The van der Waals surface area contributed by atoms with Gasteiger partial charge in [0, 0.05) is 12.6 Å². The van der Waals surface area contributed by atoms with E-state index in [9.17, 15) is 0 Å². The Morgan fingerprint density at radius 3 is 2.15 bits per heavy atom. The lowest BCUT2D eigenvalue weighted by molar-refractivity contribution is 0.249. The number of rotatable bonds is 9. The van der Waals surface area contributed by atoms with Gasteiger partial charge in [-0.25, -0.2) is 0 Å². The summed E-state index contributed by atoms with van der Waals surface area (Å²) < 4.78 is 0. The van der Waals surface area contributed by atoms with E-state index >= 15 is 0 Å². The van der Waals surface area contributed by atoms with E-state index < -0.39 is 0 Å². The Bertz CT molecular complexity index is 379. The van der Waals surface area contributed by atoms with Crippen molar-refractivity contribution < 1.29 is 0 Å². The van der Waals surface area contributed by atoms with Gasteiger partial charge in [-0.1, -0.05) is 50.5 Å². The molecule has 0 saturated heterocycles. The van der Waals surface area contributed by atoms with Crippen LogP contribution in [-0.2, 0) is 0 Å². The van der Waals surface area contributed by atoms with Gasteiger partial charge < -0.3 is 10.6 Å². The Morgan fingerprint density at radius 1 is 1.05 bits per heavy atom. The summed E-state index contributed by atoms with van der Waals surface area (Å²) in [4.78, 5) is 2.54. The molecule has 1 rings (SSSR count). The van der Waals surface area contributed by atoms with Gasteiger partial charge in [-0.2, -0.15) is 0 Å². The zero-order valence-corrected chi connectivity index (χ0v) is 13.8. The van der Waals surface area contributed by atoms with Crippen molar-refractivity contribution >= 4 is 0 Å². The third-order valence-electron chi connectivity index (χ3n) is 3.94. The van der Waals surface area contributed by atoms with Crippen LogP contribution in [-0.4, -0.2) is 24.5 Å². The average Bonchev–Trinajstić information content (AvgIpc) is 2.41. The molecule has 1 atom stereocenters. The van der Waals surface area contributed by atoms with Crippen molar-refractivity contribution in [2.75, 3.05) is 19.6 Å². The van der Waals surface area contributed by atoms with Crippen LogP contribution in [0.15, 0.2) is 18.2 Å². The molecule has 0 bridgehead atoms. The first kappa shape index (κ1) is 17.2. The van der Waals surface area contributed by atoms with Crippen LogP contribution in [0.5, 0.6) is 0 Å². The van der Waals surface area contributed by atoms with E-state index in [0.29, 0.717) is 0 Å².